The zero-order valence-electron chi connectivity index (χ0n) is 16.4. The van der Waals surface area contributed by atoms with E-state index < -0.39 is 0 Å². The lowest BCUT2D eigenvalue weighted by atomic mass is 10.1. The molecule has 0 atom stereocenters. The third kappa shape index (κ3) is 6.63. The molecule has 0 saturated carbocycles. The second-order valence-electron chi connectivity index (χ2n) is 6.59. The molecule has 0 bridgehead atoms. The molecule has 0 aliphatic carbocycles. The number of nitrogens with one attached hydrogen (secondary N) is 2. The van der Waals surface area contributed by atoms with E-state index >= 15 is 0 Å². The zero-order chi connectivity index (χ0) is 19.9. The van der Waals surface area contributed by atoms with Crippen LogP contribution in [0.5, 0.6) is 0 Å². The summed E-state index contributed by atoms with van der Waals surface area (Å²) in [5.74, 6) is 0.874. The first-order valence-electron chi connectivity index (χ1n) is 9.05. The minimum absolute atomic E-state index is 0. The van der Waals surface area contributed by atoms with Crippen LogP contribution in [0.2, 0.25) is 0 Å². The maximum atomic E-state index is 12.3. The maximum absolute atomic E-state index is 12.3. The number of nitrogens with two attached hydrogens (primary N) is 1. The SMILES string of the molecule is Cc1ccc(NC(N)=NCc2cccc(C(=O)NCc3ccco3)c2)cc1C.I. The summed E-state index contributed by atoms with van der Waals surface area (Å²) in [6.07, 6.45) is 1.58. The summed E-state index contributed by atoms with van der Waals surface area (Å²) in [5, 5.41) is 5.92. The molecular formula is C22H25IN4O2. The van der Waals surface area contributed by atoms with Crippen LogP contribution < -0.4 is 16.4 Å². The molecule has 7 heteroatoms. The lowest BCUT2D eigenvalue weighted by Gasteiger charge is -2.08. The number of amides is 1. The highest BCUT2D eigenvalue weighted by atomic mass is 127. The van der Waals surface area contributed by atoms with Gasteiger partial charge in [-0.2, -0.15) is 0 Å². The van der Waals surface area contributed by atoms with Crippen LogP contribution in [0.15, 0.2) is 70.3 Å². The van der Waals surface area contributed by atoms with E-state index in [-0.39, 0.29) is 29.9 Å². The fourth-order valence-electron chi connectivity index (χ4n) is 2.68. The van der Waals surface area contributed by atoms with Gasteiger partial charge in [0.2, 0.25) is 0 Å². The predicted molar refractivity (Wildman–Crippen MR) is 127 cm³/mol. The first-order valence-corrected chi connectivity index (χ1v) is 9.05. The van der Waals surface area contributed by atoms with Crippen LogP contribution in [0.3, 0.4) is 0 Å². The Morgan fingerprint density at radius 2 is 1.90 bits per heavy atom. The fourth-order valence-corrected chi connectivity index (χ4v) is 2.68. The van der Waals surface area contributed by atoms with Gasteiger partial charge in [0.1, 0.15) is 5.76 Å². The van der Waals surface area contributed by atoms with E-state index in [4.69, 9.17) is 10.2 Å². The molecule has 3 aromatic rings. The molecule has 1 amide bonds. The van der Waals surface area contributed by atoms with Crippen LogP contribution in [0.25, 0.3) is 0 Å². The lowest BCUT2D eigenvalue weighted by molar-refractivity contribution is 0.0948. The van der Waals surface area contributed by atoms with Gasteiger partial charge in [0.25, 0.3) is 5.91 Å². The third-order valence-electron chi connectivity index (χ3n) is 4.40. The fraction of sp³-hybridized carbons (Fsp3) is 0.182. The summed E-state index contributed by atoms with van der Waals surface area (Å²) in [5.41, 5.74) is 10.8. The number of carbonyl (C=O) groups is 1. The van der Waals surface area contributed by atoms with Gasteiger partial charge >= 0.3 is 0 Å². The monoisotopic (exact) mass is 504 g/mol. The molecule has 2 aromatic carbocycles. The zero-order valence-corrected chi connectivity index (χ0v) is 18.8. The van der Waals surface area contributed by atoms with E-state index in [0.29, 0.717) is 30.4 Å². The Hall–Kier alpha value is -2.81. The van der Waals surface area contributed by atoms with Gasteiger partial charge in [-0.25, -0.2) is 4.99 Å². The van der Waals surface area contributed by atoms with Crippen molar-refractivity contribution in [1.82, 2.24) is 5.32 Å². The molecule has 6 nitrogen and oxygen atoms in total. The average molecular weight is 504 g/mol. The molecular weight excluding hydrogens is 479 g/mol. The highest BCUT2D eigenvalue weighted by molar-refractivity contribution is 14.0. The number of anilines is 1. The number of aryl methyl sites for hydroxylation is 2. The molecule has 1 aromatic heterocycles. The first kappa shape index (κ1) is 22.5. The lowest BCUT2D eigenvalue weighted by Crippen LogP contribution is -2.23. The Kier molecular flexibility index (Phi) is 8.26. The summed E-state index contributed by atoms with van der Waals surface area (Å²) >= 11 is 0. The van der Waals surface area contributed by atoms with Crippen LogP contribution in [0.4, 0.5) is 5.69 Å². The molecule has 0 unspecified atom stereocenters. The van der Waals surface area contributed by atoms with Gasteiger partial charge in [0.05, 0.1) is 19.4 Å². The van der Waals surface area contributed by atoms with Gasteiger partial charge < -0.3 is 20.8 Å². The molecule has 4 N–H and O–H groups in total. The molecule has 3 rings (SSSR count). The normalized spacial score (nSPS) is 10.9. The molecule has 0 aliphatic heterocycles. The van der Waals surface area contributed by atoms with Crippen LogP contribution in [0.1, 0.15) is 32.8 Å². The van der Waals surface area contributed by atoms with Gasteiger partial charge in [-0.1, -0.05) is 18.2 Å². The Balaban J connectivity index is 0.00000300. The van der Waals surface area contributed by atoms with Crippen LogP contribution in [0, 0.1) is 13.8 Å². The van der Waals surface area contributed by atoms with Crippen LogP contribution >= 0.6 is 24.0 Å². The summed E-state index contributed by atoms with van der Waals surface area (Å²) in [6.45, 7) is 4.84. The maximum Gasteiger partial charge on any atom is 0.251 e. The Morgan fingerprint density at radius 1 is 1.07 bits per heavy atom. The molecule has 29 heavy (non-hydrogen) atoms. The molecule has 1 heterocycles. The van der Waals surface area contributed by atoms with Crippen molar-refractivity contribution in [3.8, 4) is 0 Å². The van der Waals surface area contributed by atoms with E-state index in [1.807, 2.05) is 42.5 Å². The number of guanidine groups is 1. The Morgan fingerprint density at radius 3 is 2.62 bits per heavy atom. The Labute approximate surface area is 187 Å². The van der Waals surface area contributed by atoms with Crippen molar-refractivity contribution in [2.45, 2.75) is 26.9 Å². The molecule has 0 fully saturated rings. The smallest absolute Gasteiger partial charge is 0.251 e. The number of hydrogen-bond donors (Lipinski definition) is 3. The van der Waals surface area contributed by atoms with E-state index in [1.165, 1.54) is 11.1 Å². The van der Waals surface area contributed by atoms with Crippen molar-refractivity contribution in [1.29, 1.82) is 0 Å². The highest BCUT2D eigenvalue weighted by Crippen LogP contribution is 2.14. The van der Waals surface area contributed by atoms with Gasteiger partial charge in [-0.15, -0.1) is 24.0 Å². The van der Waals surface area contributed by atoms with Gasteiger partial charge in [-0.3, -0.25) is 4.79 Å². The van der Waals surface area contributed by atoms with Crippen molar-refractivity contribution in [2.24, 2.45) is 10.7 Å². The number of halogens is 1. The van der Waals surface area contributed by atoms with Crippen molar-refractivity contribution in [3.63, 3.8) is 0 Å². The van der Waals surface area contributed by atoms with Gasteiger partial charge in [-0.05, 0) is 66.9 Å². The summed E-state index contributed by atoms with van der Waals surface area (Å²) in [7, 11) is 0. The topological polar surface area (TPSA) is 92.6 Å². The standard InChI is InChI=1S/C22H24N4O2.HI/c1-15-8-9-19(11-16(15)2)26-22(23)25-13-17-5-3-6-18(12-17)21(27)24-14-20-7-4-10-28-20;/h3-12H,13-14H2,1-2H3,(H,24,27)(H3,23,25,26);1H. The van der Waals surface area contributed by atoms with E-state index in [1.54, 1.807) is 18.4 Å². The van der Waals surface area contributed by atoms with Gasteiger partial charge in [0.15, 0.2) is 5.96 Å². The summed E-state index contributed by atoms with van der Waals surface area (Å²) < 4.78 is 5.22. The second-order valence-corrected chi connectivity index (χ2v) is 6.59. The number of nitrogens with zero attached hydrogens (tertiary/aromatic N) is 1. The average Bonchev–Trinajstić information content (AvgIpc) is 3.21. The van der Waals surface area contributed by atoms with Crippen LogP contribution in [-0.4, -0.2) is 11.9 Å². The summed E-state index contributed by atoms with van der Waals surface area (Å²) in [4.78, 5) is 16.7. The van der Waals surface area contributed by atoms with Crippen molar-refractivity contribution in [3.05, 3.63) is 88.9 Å². The number of aliphatic imine (C=N–C) groups is 1. The number of rotatable bonds is 6. The summed E-state index contributed by atoms with van der Waals surface area (Å²) in [6, 6.07) is 17.0. The first-order chi connectivity index (χ1) is 13.5. The number of benzene rings is 2. The molecule has 0 spiro atoms. The molecule has 0 aliphatic rings. The quantitative estimate of drug-likeness (QED) is 0.264. The number of carbonyl (C=O) groups excluding carboxylic acids is 1. The minimum Gasteiger partial charge on any atom is -0.467 e. The second kappa shape index (κ2) is 10.7. The molecule has 0 radical (unpaired) electrons. The number of furan rings is 1. The van der Waals surface area contributed by atoms with Crippen molar-refractivity contribution < 1.29 is 9.21 Å². The van der Waals surface area contributed by atoms with E-state index in [2.05, 4.69) is 29.5 Å². The van der Waals surface area contributed by atoms with Crippen LogP contribution in [-0.2, 0) is 13.1 Å². The minimum atomic E-state index is -0.163. The van der Waals surface area contributed by atoms with Crippen molar-refractivity contribution in [2.75, 3.05) is 5.32 Å². The van der Waals surface area contributed by atoms with Gasteiger partial charge in [0, 0.05) is 11.3 Å². The van der Waals surface area contributed by atoms with Crippen molar-refractivity contribution >= 4 is 41.5 Å². The third-order valence-corrected chi connectivity index (χ3v) is 4.40. The molecule has 152 valence electrons. The van der Waals surface area contributed by atoms with E-state index in [9.17, 15) is 4.79 Å². The predicted octanol–water partition coefficient (Wildman–Crippen LogP) is 4.37. The number of hydrogen-bond acceptors (Lipinski definition) is 3. The largest absolute Gasteiger partial charge is 0.467 e. The molecule has 0 saturated heterocycles. The Bertz CT molecular complexity index is 984. The van der Waals surface area contributed by atoms with E-state index in [0.717, 1.165) is 11.3 Å². The highest BCUT2D eigenvalue weighted by Gasteiger charge is 2.07.